The number of hydrogen-bond acceptors (Lipinski definition) is 6. The highest BCUT2D eigenvalue weighted by atomic mass is 19.4. The van der Waals surface area contributed by atoms with Gasteiger partial charge >= 0.3 is 6.18 Å². The maximum absolute atomic E-state index is 12.9. The van der Waals surface area contributed by atoms with Crippen LogP contribution in [0.3, 0.4) is 0 Å². The highest BCUT2D eigenvalue weighted by Crippen LogP contribution is 2.31. The second-order valence-corrected chi connectivity index (χ2v) is 8.39. The van der Waals surface area contributed by atoms with Crippen molar-refractivity contribution in [1.29, 1.82) is 0 Å². The van der Waals surface area contributed by atoms with Crippen molar-refractivity contribution in [3.8, 4) is 5.88 Å². The first-order valence-corrected chi connectivity index (χ1v) is 10.9. The van der Waals surface area contributed by atoms with Crippen molar-refractivity contribution in [2.24, 2.45) is 5.92 Å². The van der Waals surface area contributed by atoms with Gasteiger partial charge < -0.3 is 20.4 Å². The summed E-state index contributed by atoms with van der Waals surface area (Å²) in [6, 6.07) is 11.6. The van der Waals surface area contributed by atoms with Crippen LogP contribution in [0.5, 0.6) is 5.88 Å². The Labute approximate surface area is 193 Å². The summed E-state index contributed by atoms with van der Waals surface area (Å²) >= 11 is 0. The van der Waals surface area contributed by atoms with Gasteiger partial charge in [0.2, 0.25) is 5.88 Å². The summed E-state index contributed by atoms with van der Waals surface area (Å²) in [6.07, 6.45) is 1.28. The molecule has 0 saturated carbocycles. The van der Waals surface area contributed by atoms with Gasteiger partial charge in [0.1, 0.15) is 11.6 Å². The standard InChI is InChI=1S/C24H23F3N6O/c25-24(26,27)20-13-33-8-6-15(9-21(33)32-20)14-34-22-4-1-16(12-31-22)11-30-18-2-3-19-17(10-18)5-7-29-23(19)28/h1-5,7,10,12-13,15,30H,6,8-9,11,14H2,(H2,28,29). The Bertz CT molecular complexity index is 1300. The molecule has 1 atom stereocenters. The van der Waals surface area contributed by atoms with E-state index in [0.29, 0.717) is 43.6 Å². The number of halogens is 3. The third-order valence-electron chi connectivity index (χ3n) is 5.96. The Morgan fingerprint density at radius 3 is 2.82 bits per heavy atom. The zero-order valence-electron chi connectivity index (χ0n) is 18.2. The summed E-state index contributed by atoms with van der Waals surface area (Å²) in [4.78, 5) is 12.2. The molecule has 0 spiro atoms. The SMILES string of the molecule is Nc1nccc2cc(NCc3ccc(OCC4CCn5cc(C(F)(F)F)nc5C4)nc3)ccc12. The predicted molar refractivity (Wildman–Crippen MR) is 122 cm³/mol. The van der Waals surface area contributed by atoms with Crippen LogP contribution in [0, 0.1) is 5.92 Å². The summed E-state index contributed by atoms with van der Waals surface area (Å²) in [7, 11) is 0. The van der Waals surface area contributed by atoms with Crippen LogP contribution in [-0.4, -0.2) is 26.1 Å². The van der Waals surface area contributed by atoms with E-state index in [2.05, 4.69) is 20.3 Å². The average molecular weight is 468 g/mol. The number of alkyl halides is 3. The van der Waals surface area contributed by atoms with Gasteiger partial charge in [-0.1, -0.05) is 6.07 Å². The molecule has 1 unspecified atom stereocenters. The molecule has 0 aliphatic carbocycles. The van der Waals surface area contributed by atoms with Crippen LogP contribution in [0.1, 0.15) is 23.5 Å². The number of benzene rings is 1. The largest absolute Gasteiger partial charge is 0.477 e. The van der Waals surface area contributed by atoms with Gasteiger partial charge in [0.05, 0.1) is 6.61 Å². The Morgan fingerprint density at radius 1 is 1.15 bits per heavy atom. The Hall–Kier alpha value is -3.82. The van der Waals surface area contributed by atoms with Gasteiger partial charge in [0.15, 0.2) is 5.69 Å². The number of nitrogens with one attached hydrogen (secondary N) is 1. The maximum Gasteiger partial charge on any atom is 0.434 e. The van der Waals surface area contributed by atoms with E-state index in [0.717, 1.165) is 34.6 Å². The van der Waals surface area contributed by atoms with Crippen molar-refractivity contribution in [3.05, 3.63) is 72.1 Å². The minimum Gasteiger partial charge on any atom is -0.477 e. The summed E-state index contributed by atoms with van der Waals surface area (Å²) in [5, 5.41) is 5.30. The molecule has 0 bridgehead atoms. The molecule has 7 nitrogen and oxygen atoms in total. The van der Waals surface area contributed by atoms with Crippen LogP contribution in [0.25, 0.3) is 10.8 Å². The van der Waals surface area contributed by atoms with Gasteiger partial charge in [-0.05, 0) is 41.6 Å². The molecule has 1 aliphatic heterocycles. The molecule has 176 valence electrons. The fourth-order valence-corrected chi connectivity index (χ4v) is 4.09. The molecule has 0 amide bonds. The summed E-state index contributed by atoms with van der Waals surface area (Å²) < 4.78 is 46.0. The number of aryl methyl sites for hydroxylation is 1. The Balaban J connectivity index is 1.13. The van der Waals surface area contributed by atoms with Crippen molar-refractivity contribution >= 4 is 22.3 Å². The van der Waals surface area contributed by atoms with Crippen molar-refractivity contribution in [3.63, 3.8) is 0 Å². The maximum atomic E-state index is 12.9. The van der Waals surface area contributed by atoms with Gasteiger partial charge in [-0.2, -0.15) is 13.2 Å². The molecule has 10 heteroatoms. The quantitative estimate of drug-likeness (QED) is 0.427. The number of hydrogen-bond donors (Lipinski definition) is 2. The molecule has 3 N–H and O–H groups in total. The van der Waals surface area contributed by atoms with E-state index in [4.69, 9.17) is 10.5 Å². The number of nitrogen functional groups attached to an aromatic ring is 1. The van der Waals surface area contributed by atoms with Crippen molar-refractivity contribution in [2.75, 3.05) is 17.7 Å². The molecule has 4 aromatic rings. The fraction of sp³-hybridized carbons (Fsp3) is 0.292. The average Bonchev–Trinajstić information content (AvgIpc) is 3.26. The van der Waals surface area contributed by atoms with Gasteiger partial charge in [-0.25, -0.2) is 15.0 Å². The lowest BCUT2D eigenvalue weighted by molar-refractivity contribution is -0.141. The molecule has 34 heavy (non-hydrogen) atoms. The van der Waals surface area contributed by atoms with Crippen LogP contribution in [-0.2, 0) is 25.7 Å². The molecule has 0 radical (unpaired) electrons. The van der Waals surface area contributed by atoms with Crippen molar-refractivity contribution in [2.45, 2.75) is 32.1 Å². The summed E-state index contributed by atoms with van der Waals surface area (Å²) in [5.74, 6) is 1.54. The lowest BCUT2D eigenvalue weighted by atomic mass is 9.99. The normalized spacial score (nSPS) is 15.8. The Morgan fingerprint density at radius 2 is 2.03 bits per heavy atom. The number of imidazole rings is 1. The third-order valence-corrected chi connectivity index (χ3v) is 5.96. The smallest absolute Gasteiger partial charge is 0.434 e. The molecular formula is C24H23F3N6O. The molecule has 0 fully saturated rings. The number of nitrogens with two attached hydrogens (primary N) is 1. The fourth-order valence-electron chi connectivity index (χ4n) is 4.09. The highest BCUT2D eigenvalue weighted by molar-refractivity contribution is 5.92. The number of anilines is 2. The molecule has 1 aliphatic rings. The Kier molecular flexibility index (Phi) is 5.72. The second kappa shape index (κ2) is 8.85. The zero-order chi connectivity index (χ0) is 23.7. The van der Waals surface area contributed by atoms with Crippen LogP contribution < -0.4 is 15.8 Å². The number of ether oxygens (including phenoxy) is 1. The minimum atomic E-state index is -4.42. The summed E-state index contributed by atoms with van der Waals surface area (Å²) in [6.45, 7) is 1.47. The van der Waals surface area contributed by atoms with E-state index in [1.807, 2.05) is 30.3 Å². The lowest BCUT2D eigenvalue weighted by Gasteiger charge is -2.23. The summed E-state index contributed by atoms with van der Waals surface area (Å²) in [5.41, 5.74) is 7.01. The first-order valence-electron chi connectivity index (χ1n) is 10.9. The topological polar surface area (TPSA) is 90.9 Å². The number of aromatic nitrogens is 4. The molecule has 0 saturated heterocycles. The zero-order valence-corrected chi connectivity index (χ0v) is 18.2. The van der Waals surface area contributed by atoms with E-state index >= 15 is 0 Å². The molecule has 3 aromatic heterocycles. The van der Waals surface area contributed by atoms with Crippen molar-refractivity contribution < 1.29 is 17.9 Å². The monoisotopic (exact) mass is 468 g/mol. The van der Waals surface area contributed by atoms with Gasteiger partial charge in [-0.3, -0.25) is 0 Å². The van der Waals surface area contributed by atoms with E-state index < -0.39 is 11.9 Å². The van der Waals surface area contributed by atoms with Crippen LogP contribution in [0.2, 0.25) is 0 Å². The number of fused-ring (bicyclic) bond motifs is 2. The van der Waals surface area contributed by atoms with Gasteiger partial charge in [-0.15, -0.1) is 0 Å². The van der Waals surface area contributed by atoms with Crippen LogP contribution in [0.15, 0.2) is 55.0 Å². The third kappa shape index (κ3) is 4.75. The van der Waals surface area contributed by atoms with E-state index in [9.17, 15) is 13.2 Å². The van der Waals surface area contributed by atoms with E-state index in [-0.39, 0.29) is 5.92 Å². The predicted octanol–water partition coefficient (Wildman–Crippen LogP) is 4.68. The van der Waals surface area contributed by atoms with Gasteiger partial charge in [0, 0.05) is 61.2 Å². The first-order chi connectivity index (χ1) is 16.3. The minimum absolute atomic E-state index is 0.0938. The molecular weight excluding hydrogens is 445 g/mol. The number of pyridine rings is 2. The van der Waals surface area contributed by atoms with E-state index in [1.54, 1.807) is 23.0 Å². The van der Waals surface area contributed by atoms with Gasteiger partial charge in [0.25, 0.3) is 0 Å². The lowest BCUT2D eigenvalue weighted by Crippen LogP contribution is -2.24. The molecule has 5 rings (SSSR count). The van der Waals surface area contributed by atoms with E-state index in [1.165, 1.54) is 0 Å². The number of rotatable bonds is 6. The number of nitrogens with zero attached hydrogens (tertiary/aromatic N) is 4. The van der Waals surface area contributed by atoms with Crippen LogP contribution >= 0.6 is 0 Å². The highest BCUT2D eigenvalue weighted by Gasteiger charge is 2.35. The molecule has 1 aromatic carbocycles. The van der Waals surface area contributed by atoms with Crippen LogP contribution in [0.4, 0.5) is 24.7 Å². The second-order valence-electron chi connectivity index (χ2n) is 8.39. The first kappa shape index (κ1) is 22.0. The molecule has 4 heterocycles. The van der Waals surface area contributed by atoms with Crippen molar-refractivity contribution in [1.82, 2.24) is 19.5 Å².